The van der Waals surface area contributed by atoms with Gasteiger partial charge in [0, 0.05) is 0 Å². The van der Waals surface area contributed by atoms with Crippen LogP contribution in [0.5, 0.6) is 0 Å². The molecular formula is C17H32. The average Bonchev–Trinajstić information content (AvgIpc) is 2.35. The molecule has 0 saturated heterocycles. The molecule has 0 aliphatic heterocycles. The fourth-order valence-electron chi connectivity index (χ4n) is 2.04. The van der Waals surface area contributed by atoms with Gasteiger partial charge in [-0.25, -0.2) is 0 Å². The molecule has 0 aromatic carbocycles. The second kappa shape index (κ2) is 15.5. The van der Waals surface area contributed by atoms with Gasteiger partial charge in [0.05, 0.1) is 0 Å². The lowest BCUT2D eigenvalue weighted by atomic mass is 10.1. The van der Waals surface area contributed by atoms with Crippen LogP contribution >= 0.6 is 0 Å². The number of rotatable bonds is 12. The third-order valence-electron chi connectivity index (χ3n) is 3.16. The number of hydrogen-bond donors (Lipinski definition) is 0. The normalized spacial score (nSPS) is 11.9. The average molecular weight is 236 g/mol. The van der Waals surface area contributed by atoms with E-state index >= 15 is 0 Å². The summed E-state index contributed by atoms with van der Waals surface area (Å²) in [6.45, 7) is 4.34. The minimum atomic E-state index is 1.25. The molecule has 0 saturated carbocycles. The Balaban J connectivity index is 2.98. The molecule has 0 aromatic rings. The first-order valence-electron chi connectivity index (χ1n) is 7.69. The summed E-state index contributed by atoms with van der Waals surface area (Å²) in [6, 6.07) is 0. The fourth-order valence-corrected chi connectivity index (χ4v) is 2.04. The summed E-state index contributed by atoms with van der Waals surface area (Å²) in [5, 5.41) is 0. The molecule has 0 fully saturated rings. The van der Waals surface area contributed by atoms with Crippen molar-refractivity contribution in [2.24, 2.45) is 0 Å². The molecule has 0 rings (SSSR count). The zero-order valence-corrected chi connectivity index (χ0v) is 12.1. The lowest BCUT2D eigenvalue weighted by Crippen LogP contribution is -1.81. The van der Waals surface area contributed by atoms with E-state index in [9.17, 15) is 0 Å². The second-order valence-corrected chi connectivity index (χ2v) is 4.92. The SMILES string of the molecule is CC=CC=CCCCCCCCCCCCC. The maximum atomic E-state index is 2.28. The lowest BCUT2D eigenvalue weighted by Gasteiger charge is -2.01. The molecule has 0 heteroatoms. The van der Waals surface area contributed by atoms with Crippen LogP contribution < -0.4 is 0 Å². The van der Waals surface area contributed by atoms with E-state index in [2.05, 4.69) is 38.2 Å². The first kappa shape index (κ1) is 16.5. The van der Waals surface area contributed by atoms with Crippen molar-refractivity contribution in [3.05, 3.63) is 24.3 Å². The Morgan fingerprint density at radius 1 is 0.647 bits per heavy atom. The van der Waals surface area contributed by atoms with Crippen molar-refractivity contribution >= 4 is 0 Å². The summed E-state index contributed by atoms with van der Waals surface area (Å²) in [5.74, 6) is 0. The van der Waals surface area contributed by atoms with Gasteiger partial charge in [-0.2, -0.15) is 0 Å². The first-order valence-corrected chi connectivity index (χ1v) is 7.69. The predicted octanol–water partition coefficient (Wildman–Crippen LogP) is 6.43. The Kier molecular flexibility index (Phi) is 15.0. The number of unbranched alkanes of at least 4 members (excludes halogenated alkanes) is 10. The molecule has 0 heterocycles. The van der Waals surface area contributed by atoms with E-state index < -0.39 is 0 Å². The third kappa shape index (κ3) is 15.5. The first-order chi connectivity index (χ1) is 8.41. The summed E-state index contributed by atoms with van der Waals surface area (Å²) in [4.78, 5) is 0. The maximum Gasteiger partial charge on any atom is -0.0348 e. The number of hydrogen-bond acceptors (Lipinski definition) is 0. The minimum absolute atomic E-state index is 1.25. The van der Waals surface area contributed by atoms with Crippen molar-refractivity contribution in [1.82, 2.24) is 0 Å². The summed E-state index contributed by atoms with van der Waals surface area (Å²) in [7, 11) is 0. The van der Waals surface area contributed by atoms with Gasteiger partial charge in [0.2, 0.25) is 0 Å². The molecule has 0 N–H and O–H groups in total. The largest absolute Gasteiger partial charge is 0.0877 e. The van der Waals surface area contributed by atoms with Gasteiger partial charge in [0.15, 0.2) is 0 Å². The van der Waals surface area contributed by atoms with Crippen molar-refractivity contribution in [2.75, 3.05) is 0 Å². The van der Waals surface area contributed by atoms with E-state index in [1.807, 2.05) is 0 Å². The van der Waals surface area contributed by atoms with E-state index in [0.717, 1.165) is 0 Å². The van der Waals surface area contributed by atoms with E-state index in [1.165, 1.54) is 70.6 Å². The molecular weight excluding hydrogens is 204 g/mol. The highest BCUT2D eigenvalue weighted by Crippen LogP contribution is 2.11. The molecule has 0 radical (unpaired) electrons. The summed E-state index contributed by atoms with van der Waals surface area (Å²) < 4.78 is 0. The van der Waals surface area contributed by atoms with Gasteiger partial charge in [0.1, 0.15) is 0 Å². The van der Waals surface area contributed by atoms with Gasteiger partial charge in [0.25, 0.3) is 0 Å². The lowest BCUT2D eigenvalue weighted by molar-refractivity contribution is 0.557. The highest BCUT2D eigenvalue weighted by Gasteiger charge is 1.91. The smallest absolute Gasteiger partial charge is 0.0348 e. The molecule has 0 nitrogen and oxygen atoms in total. The highest BCUT2D eigenvalue weighted by atomic mass is 14.0. The van der Waals surface area contributed by atoms with Crippen LogP contribution in [0.4, 0.5) is 0 Å². The van der Waals surface area contributed by atoms with Gasteiger partial charge in [-0.05, 0) is 19.8 Å². The Labute approximate surface area is 109 Å². The number of allylic oxidation sites excluding steroid dienone is 4. The maximum absolute atomic E-state index is 2.28. The molecule has 0 amide bonds. The van der Waals surface area contributed by atoms with Gasteiger partial charge in [-0.3, -0.25) is 0 Å². The summed E-state index contributed by atoms with van der Waals surface area (Å²) >= 11 is 0. The van der Waals surface area contributed by atoms with Crippen LogP contribution in [0.2, 0.25) is 0 Å². The Morgan fingerprint density at radius 3 is 1.71 bits per heavy atom. The van der Waals surface area contributed by atoms with E-state index in [0.29, 0.717) is 0 Å². The molecule has 0 aliphatic carbocycles. The second-order valence-electron chi connectivity index (χ2n) is 4.92. The topological polar surface area (TPSA) is 0 Å². The molecule has 0 unspecified atom stereocenters. The van der Waals surface area contributed by atoms with Crippen LogP contribution in [0.25, 0.3) is 0 Å². The highest BCUT2D eigenvalue weighted by molar-refractivity contribution is 5.00. The van der Waals surface area contributed by atoms with Crippen LogP contribution in [0.15, 0.2) is 24.3 Å². The summed E-state index contributed by atoms with van der Waals surface area (Å²) in [5.41, 5.74) is 0. The molecule has 0 bridgehead atoms. The van der Waals surface area contributed by atoms with Gasteiger partial charge >= 0.3 is 0 Å². The Hall–Kier alpha value is -0.520. The monoisotopic (exact) mass is 236 g/mol. The zero-order valence-electron chi connectivity index (χ0n) is 12.1. The van der Waals surface area contributed by atoms with Gasteiger partial charge in [-0.1, -0.05) is 89.0 Å². The van der Waals surface area contributed by atoms with Crippen molar-refractivity contribution in [3.63, 3.8) is 0 Å². The minimum Gasteiger partial charge on any atom is -0.0877 e. The van der Waals surface area contributed by atoms with Crippen LogP contribution in [-0.4, -0.2) is 0 Å². The third-order valence-corrected chi connectivity index (χ3v) is 3.16. The molecule has 17 heavy (non-hydrogen) atoms. The quantitative estimate of drug-likeness (QED) is 0.270. The van der Waals surface area contributed by atoms with Crippen molar-refractivity contribution < 1.29 is 0 Å². The van der Waals surface area contributed by atoms with E-state index in [4.69, 9.17) is 0 Å². The van der Waals surface area contributed by atoms with Crippen LogP contribution in [0.3, 0.4) is 0 Å². The van der Waals surface area contributed by atoms with Crippen molar-refractivity contribution in [1.29, 1.82) is 0 Å². The van der Waals surface area contributed by atoms with Gasteiger partial charge in [-0.15, -0.1) is 0 Å². The zero-order chi connectivity index (χ0) is 12.6. The summed E-state index contributed by atoms with van der Waals surface area (Å²) in [6.07, 6.45) is 24.2. The van der Waals surface area contributed by atoms with Crippen molar-refractivity contribution in [3.8, 4) is 0 Å². The van der Waals surface area contributed by atoms with Crippen LogP contribution in [0, 0.1) is 0 Å². The van der Waals surface area contributed by atoms with Crippen LogP contribution in [-0.2, 0) is 0 Å². The molecule has 100 valence electrons. The van der Waals surface area contributed by atoms with Gasteiger partial charge < -0.3 is 0 Å². The molecule has 0 atom stereocenters. The van der Waals surface area contributed by atoms with Crippen molar-refractivity contribution in [2.45, 2.75) is 84.5 Å². The Morgan fingerprint density at radius 2 is 1.18 bits per heavy atom. The standard InChI is InChI=1S/C17H32/c1-3-5-7-9-11-13-15-17-16-14-12-10-8-6-4-2/h3,5,7,9H,4,6,8,10-17H2,1-2H3. The molecule has 0 aromatic heterocycles. The fraction of sp³-hybridized carbons (Fsp3) is 0.765. The molecule has 0 aliphatic rings. The van der Waals surface area contributed by atoms with Crippen LogP contribution in [0.1, 0.15) is 84.5 Å². The van der Waals surface area contributed by atoms with E-state index in [-0.39, 0.29) is 0 Å². The predicted molar refractivity (Wildman–Crippen MR) is 80.4 cm³/mol. The Bertz CT molecular complexity index is 176. The molecule has 0 spiro atoms. The van der Waals surface area contributed by atoms with E-state index in [1.54, 1.807) is 0 Å².